The van der Waals surface area contributed by atoms with Crippen molar-refractivity contribution in [2.75, 3.05) is 39.0 Å². The maximum atomic E-state index is 14.2. The Balaban J connectivity index is 1.44. The van der Waals surface area contributed by atoms with Crippen molar-refractivity contribution in [1.82, 2.24) is 19.8 Å². The fraction of sp³-hybridized carbons (Fsp3) is 0.636. The van der Waals surface area contributed by atoms with Crippen molar-refractivity contribution in [2.24, 2.45) is 0 Å². The van der Waals surface area contributed by atoms with E-state index in [1.54, 1.807) is 19.1 Å². The molecule has 184 valence electrons. The number of nitrogens with one attached hydrogen (secondary N) is 2. The van der Waals surface area contributed by atoms with Crippen molar-refractivity contribution >= 4 is 22.0 Å². The molecule has 2 aliphatic rings. The zero-order valence-corrected chi connectivity index (χ0v) is 20.0. The highest BCUT2D eigenvalue weighted by atomic mass is 32.2. The number of likely N-dealkylation sites (tertiary alicyclic amines) is 1. The largest absolute Gasteiger partial charge is 0.489 e. The first kappa shape index (κ1) is 25.4. The molecule has 0 spiro atoms. The number of nitrogens with zero attached hydrogens (tertiary/aromatic N) is 2. The minimum Gasteiger partial charge on any atom is -0.489 e. The van der Waals surface area contributed by atoms with Crippen molar-refractivity contribution in [3.05, 3.63) is 29.6 Å². The molecule has 3 rings (SSSR count). The molecule has 0 saturated carbocycles. The number of amides is 3. The summed E-state index contributed by atoms with van der Waals surface area (Å²) in [5.41, 5.74) is 0.625. The van der Waals surface area contributed by atoms with Crippen molar-refractivity contribution in [2.45, 2.75) is 51.1 Å². The molecule has 0 aromatic heterocycles. The van der Waals surface area contributed by atoms with E-state index in [0.29, 0.717) is 38.0 Å². The highest BCUT2D eigenvalue weighted by molar-refractivity contribution is 7.89. The number of likely N-dealkylation sites (N-methyl/N-ethyl adjacent to an activating group) is 1. The summed E-state index contributed by atoms with van der Waals surface area (Å²) < 4.78 is 47.5. The first-order valence-electron chi connectivity index (χ1n) is 11.4. The van der Waals surface area contributed by atoms with Gasteiger partial charge in [0.05, 0.1) is 5.75 Å². The number of carbonyl (C=O) groups is 2. The summed E-state index contributed by atoms with van der Waals surface area (Å²) in [5.74, 6) is -0.715. The summed E-state index contributed by atoms with van der Waals surface area (Å²) in [6.07, 6.45) is 3.76. The van der Waals surface area contributed by atoms with Gasteiger partial charge in [-0.1, -0.05) is 12.5 Å². The zero-order valence-electron chi connectivity index (χ0n) is 19.2. The fourth-order valence-corrected chi connectivity index (χ4v) is 5.48. The van der Waals surface area contributed by atoms with Gasteiger partial charge >= 0.3 is 6.03 Å². The SMILES string of the molecule is C[C@@H](NS(=O)(=O)CCCCCN1CC(=O)NC1=O)c1ccc(F)c(OC[C@@H]2CCCN2C)c1. The maximum Gasteiger partial charge on any atom is 0.324 e. The second-order valence-corrected chi connectivity index (χ2v) is 10.6. The Labute approximate surface area is 194 Å². The van der Waals surface area contributed by atoms with E-state index in [4.69, 9.17) is 4.74 Å². The molecule has 3 amide bonds. The Bertz CT molecular complexity index is 958. The Morgan fingerprint density at radius 2 is 2.06 bits per heavy atom. The zero-order chi connectivity index (χ0) is 24.0. The molecule has 33 heavy (non-hydrogen) atoms. The van der Waals surface area contributed by atoms with Gasteiger partial charge in [0.1, 0.15) is 13.2 Å². The molecule has 0 unspecified atom stereocenters. The summed E-state index contributed by atoms with van der Waals surface area (Å²) in [7, 11) is -1.52. The Hall–Kier alpha value is -2.24. The van der Waals surface area contributed by atoms with E-state index in [-0.39, 0.29) is 30.0 Å². The van der Waals surface area contributed by atoms with Crippen LogP contribution in [0, 0.1) is 5.82 Å². The molecule has 2 N–H and O–H groups in total. The van der Waals surface area contributed by atoms with Crippen LogP contribution in [0.15, 0.2) is 18.2 Å². The summed E-state index contributed by atoms with van der Waals surface area (Å²) in [5, 5.41) is 2.21. The van der Waals surface area contributed by atoms with E-state index in [2.05, 4.69) is 14.9 Å². The molecule has 0 radical (unpaired) electrons. The molecule has 2 heterocycles. The summed E-state index contributed by atoms with van der Waals surface area (Å²) >= 11 is 0. The smallest absolute Gasteiger partial charge is 0.324 e. The van der Waals surface area contributed by atoms with Gasteiger partial charge in [-0.2, -0.15) is 0 Å². The number of hydrogen-bond acceptors (Lipinski definition) is 6. The number of ether oxygens (including phenoxy) is 1. The number of imide groups is 1. The summed E-state index contributed by atoms with van der Waals surface area (Å²) in [6.45, 7) is 3.57. The minimum absolute atomic E-state index is 0.0525. The van der Waals surface area contributed by atoms with E-state index >= 15 is 0 Å². The number of sulfonamides is 1. The van der Waals surface area contributed by atoms with Gasteiger partial charge in [0.15, 0.2) is 11.6 Å². The van der Waals surface area contributed by atoms with Crippen LogP contribution >= 0.6 is 0 Å². The van der Waals surface area contributed by atoms with Crippen LogP contribution < -0.4 is 14.8 Å². The van der Waals surface area contributed by atoms with E-state index < -0.39 is 27.9 Å². The van der Waals surface area contributed by atoms with Gasteiger partial charge < -0.3 is 14.5 Å². The topological polar surface area (TPSA) is 108 Å². The summed E-state index contributed by atoms with van der Waals surface area (Å²) in [6, 6.07) is 3.73. The Morgan fingerprint density at radius 3 is 2.73 bits per heavy atom. The molecule has 2 saturated heterocycles. The highest BCUT2D eigenvalue weighted by Gasteiger charge is 2.26. The van der Waals surface area contributed by atoms with Gasteiger partial charge in [0.25, 0.3) is 0 Å². The molecule has 2 fully saturated rings. The van der Waals surface area contributed by atoms with E-state index in [1.807, 2.05) is 7.05 Å². The van der Waals surface area contributed by atoms with Crippen LogP contribution in [-0.4, -0.2) is 75.2 Å². The van der Waals surface area contributed by atoms with Crippen molar-refractivity contribution in [3.8, 4) is 5.75 Å². The molecule has 1 aromatic carbocycles. The van der Waals surface area contributed by atoms with Crippen molar-refractivity contribution in [3.63, 3.8) is 0 Å². The third kappa shape index (κ3) is 7.38. The molecule has 9 nitrogen and oxygen atoms in total. The average molecular weight is 485 g/mol. The molecule has 0 bridgehead atoms. The third-order valence-electron chi connectivity index (χ3n) is 6.12. The average Bonchev–Trinajstić information content (AvgIpc) is 3.30. The maximum absolute atomic E-state index is 14.2. The van der Waals surface area contributed by atoms with Gasteiger partial charge in [-0.15, -0.1) is 0 Å². The lowest BCUT2D eigenvalue weighted by Gasteiger charge is -2.21. The van der Waals surface area contributed by atoms with Gasteiger partial charge in [-0.25, -0.2) is 22.3 Å². The first-order chi connectivity index (χ1) is 15.6. The van der Waals surface area contributed by atoms with Crippen LogP contribution in [0.3, 0.4) is 0 Å². The van der Waals surface area contributed by atoms with Gasteiger partial charge in [-0.05, 0) is 63.9 Å². The standard InChI is InChI=1S/C22H33FN4O5S/c1-16(17-8-9-19(23)20(13-17)32-15-18-7-6-10-26(18)2)25-33(30,31)12-5-3-4-11-27-14-21(28)24-22(27)29/h8-9,13,16,18,25H,3-7,10-12,14-15H2,1-2H3,(H,24,28,29)/t16-,18+/m1/s1. The molecule has 1 aromatic rings. The van der Waals surface area contributed by atoms with Crippen molar-refractivity contribution in [1.29, 1.82) is 0 Å². The van der Waals surface area contributed by atoms with Crippen LogP contribution in [0.25, 0.3) is 0 Å². The van der Waals surface area contributed by atoms with Crippen molar-refractivity contribution < 1.29 is 27.1 Å². The number of urea groups is 1. The molecular weight excluding hydrogens is 451 g/mol. The third-order valence-corrected chi connectivity index (χ3v) is 7.66. The number of halogens is 1. The fourth-order valence-electron chi connectivity index (χ4n) is 4.11. The second-order valence-electron chi connectivity index (χ2n) is 8.77. The minimum atomic E-state index is -3.54. The molecule has 0 aliphatic carbocycles. The Morgan fingerprint density at radius 1 is 1.27 bits per heavy atom. The number of hydrogen-bond donors (Lipinski definition) is 2. The van der Waals surface area contributed by atoms with E-state index in [9.17, 15) is 22.4 Å². The lowest BCUT2D eigenvalue weighted by Crippen LogP contribution is -2.31. The lowest BCUT2D eigenvalue weighted by atomic mass is 10.1. The molecule has 2 atom stereocenters. The van der Waals surface area contributed by atoms with Gasteiger partial charge in [0, 0.05) is 18.6 Å². The molecule has 11 heteroatoms. The monoisotopic (exact) mass is 484 g/mol. The predicted octanol–water partition coefficient (Wildman–Crippen LogP) is 2.00. The Kier molecular flexibility index (Phi) is 8.66. The van der Waals surface area contributed by atoms with Crippen LogP contribution in [0.2, 0.25) is 0 Å². The predicted molar refractivity (Wildman–Crippen MR) is 122 cm³/mol. The quantitative estimate of drug-likeness (QED) is 0.347. The van der Waals surface area contributed by atoms with Crippen LogP contribution in [-0.2, 0) is 14.8 Å². The van der Waals surface area contributed by atoms with Crippen LogP contribution in [0.1, 0.15) is 50.6 Å². The van der Waals surface area contributed by atoms with E-state index in [0.717, 1.165) is 19.4 Å². The number of carbonyl (C=O) groups excluding carboxylic acids is 2. The number of unbranched alkanes of at least 4 members (excludes halogenated alkanes) is 2. The highest BCUT2D eigenvalue weighted by Crippen LogP contribution is 2.25. The van der Waals surface area contributed by atoms with E-state index in [1.165, 1.54) is 11.0 Å². The first-order valence-corrected chi connectivity index (χ1v) is 13.0. The molecule has 2 aliphatic heterocycles. The lowest BCUT2D eigenvalue weighted by molar-refractivity contribution is -0.118. The van der Waals surface area contributed by atoms with Gasteiger partial charge in [0.2, 0.25) is 15.9 Å². The second kappa shape index (κ2) is 11.3. The summed E-state index contributed by atoms with van der Waals surface area (Å²) in [4.78, 5) is 26.3. The number of rotatable bonds is 12. The molecular formula is C22H33FN4O5S. The van der Waals surface area contributed by atoms with Crippen LogP contribution in [0.5, 0.6) is 5.75 Å². The van der Waals surface area contributed by atoms with Crippen LogP contribution in [0.4, 0.5) is 9.18 Å². The van der Waals surface area contributed by atoms with Gasteiger partial charge in [-0.3, -0.25) is 10.1 Å². The normalized spacial score (nSPS) is 20.3. The number of benzene rings is 1.